The van der Waals surface area contributed by atoms with Gasteiger partial charge in [-0.05, 0) is 41.5 Å². The summed E-state index contributed by atoms with van der Waals surface area (Å²) in [6.07, 6.45) is 0. The average Bonchev–Trinajstić information content (AvgIpc) is 3.15. The zero-order valence-electron chi connectivity index (χ0n) is 18.1. The number of carbonyl (C=O) groups excluding carboxylic acids is 1. The highest BCUT2D eigenvalue weighted by Crippen LogP contribution is 2.34. The second-order valence-electron chi connectivity index (χ2n) is 8.13. The van der Waals surface area contributed by atoms with Crippen LogP contribution in [0.1, 0.15) is 21.5 Å². The van der Waals surface area contributed by atoms with Crippen molar-refractivity contribution in [3.63, 3.8) is 0 Å². The van der Waals surface area contributed by atoms with E-state index in [1.807, 2.05) is 18.2 Å². The molecule has 0 aliphatic rings. The number of amides is 1. The molecule has 0 atom stereocenters. The molecular formula is C27H21FN2O3S. The van der Waals surface area contributed by atoms with E-state index in [0.717, 1.165) is 5.56 Å². The molecule has 0 aliphatic carbocycles. The number of fused-ring (bicyclic) bond motifs is 3. The predicted molar refractivity (Wildman–Crippen MR) is 131 cm³/mol. The molecule has 0 unspecified atom stereocenters. The van der Waals surface area contributed by atoms with E-state index in [9.17, 15) is 13.2 Å². The summed E-state index contributed by atoms with van der Waals surface area (Å²) >= 11 is 0. The van der Waals surface area contributed by atoms with E-state index in [2.05, 4.69) is 0 Å². The van der Waals surface area contributed by atoms with Gasteiger partial charge in [-0.2, -0.15) is 0 Å². The topological polar surface area (TPSA) is 82.2 Å². The standard InChI is InChI=1S/C27H21FN2O3S/c28-23-14-6-12-21-25-22(27(29)31)13-7-15-24(25)30(26(21)23)16-18-8-4-5-9-19(18)17-34(32,33)20-10-2-1-3-11-20/h1-15H,16-17H2,(H2,29,31). The van der Waals surface area contributed by atoms with Crippen LogP contribution in [0, 0.1) is 5.82 Å². The third-order valence-corrected chi connectivity index (χ3v) is 7.70. The van der Waals surface area contributed by atoms with Gasteiger partial charge in [-0.3, -0.25) is 4.79 Å². The Bertz CT molecular complexity index is 1660. The first-order valence-corrected chi connectivity index (χ1v) is 12.4. The van der Waals surface area contributed by atoms with Crippen molar-refractivity contribution in [2.75, 3.05) is 0 Å². The van der Waals surface area contributed by atoms with Crippen LogP contribution in [0.15, 0.2) is 95.9 Å². The lowest BCUT2D eigenvalue weighted by Crippen LogP contribution is -2.11. The lowest BCUT2D eigenvalue weighted by atomic mass is 10.1. The number of halogens is 1. The van der Waals surface area contributed by atoms with Crippen LogP contribution in [-0.2, 0) is 22.1 Å². The van der Waals surface area contributed by atoms with E-state index in [1.165, 1.54) is 6.07 Å². The quantitative estimate of drug-likeness (QED) is 0.375. The first-order chi connectivity index (χ1) is 16.4. The number of nitrogens with two attached hydrogens (primary N) is 1. The normalized spacial score (nSPS) is 11.8. The molecule has 1 heterocycles. The third-order valence-electron chi connectivity index (χ3n) is 6.02. The van der Waals surface area contributed by atoms with Gasteiger partial charge in [-0.1, -0.05) is 60.7 Å². The molecule has 0 aliphatic heterocycles. The molecule has 4 aromatic carbocycles. The van der Waals surface area contributed by atoms with Crippen molar-refractivity contribution >= 4 is 37.6 Å². The Morgan fingerprint density at radius 2 is 1.50 bits per heavy atom. The average molecular weight is 473 g/mol. The van der Waals surface area contributed by atoms with Gasteiger partial charge in [0.15, 0.2) is 9.84 Å². The molecule has 1 aromatic heterocycles. The summed E-state index contributed by atoms with van der Waals surface area (Å²) in [5.41, 5.74) is 8.29. The Labute approximate surface area is 196 Å². The number of rotatable bonds is 6. The molecule has 1 amide bonds. The van der Waals surface area contributed by atoms with Crippen LogP contribution in [0.5, 0.6) is 0 Å². The van der Waals surface area contributed by atoms with Crippen molar-refractivity contribution in [2.45, 2.75) is 17.2 Å². The van der Waals surface area contributed by atoms with E-state index in [-0.39, 0.29) is 17.2 Å². The first kappa shape index (κ1) is 21.9. The lowest BCUT2D eigenvalue weighted by Gasteiger charge is -2.13. The second-order valence-corrected chi connectivity index (χ2v) is 10.1. The molecule has 0 fully saturated rings. The fraction of sp³-hybridized carbons (Fsp3) is 0.0741. The van der Waals surface area contributed by atoms with E-state index < -0.39 is 21.6 Å². The minimum atomic E-state index is -3.57. The van der Waals surface area contributed by atoms with Crippen LogP contribution in [0.3, 0.4) is 0 Å². The van der Waals surface area contributed by atoms with Crippen molar-refractivity contribution in [1.29, 1.82) is 0 Å². The lowest BCUT2D eigenvalue weighted by molar-refractivity contribution is 0.100. The Kier molecular flexibility index (Phi) is 5.42. The zero-order chi connectivity index (χ0) is 23.9. The summed E-state index contributed by atoms with van der Waals surface area (Å²) in [4.78, 5) is 12.4. The minimum Gasteiger partial charge on any atom is -0.366 e. The van der Waals surface area contributed by atoms with Crippen molar-refractivity contribution in [3.05, 3.63) is 114 Å². The fourth-order valence-electron chi connectivity index (χ4n) is 4.47. The van der Waals surface area contributed by atoms with Gasteiger partial charge in [0.25, 0.3) is 0 Å². The van der Waals surface area contributed by atoms with Crippen LogP contribution in [-0.4, -0.2) is 18.9 Å². The predicted octanol–water partition coefficient (Wildman–Crippen LogP) is 5.05. The van der Waals surface area contributed by atoms with Gasteiger partial charge in [-0.25, -0.2) is 12.8 Å². The van der Waals surface area contributed by atoms with Crippen LogP contribution in [0.2, 0.25) is 0 Å². The number of nitrogens with zero attached hydrogens (tertiary/aromatic N) is 1. The minimum absolute atomic E-state index is 0.181. The number of sulfone groups is 1. The summed E-state index contributed by atoms with van der Waals surface area (Å²) in [7, 11) is -3.57. The summed E-state index contributed by atoms with van der Waals surface area (Å²) in [6, 6.07) is 25.4. The second kappa shape index (κ2) is 8.43. The Morgan fingerprint density at radius 3 is 2.24 bits per heavy atom. The van der Waals surface area contributed by atoms with Gasteiger partial charge in [-0.15, -0.1) is 0 Å². The first-order valence-electron chi connectivity index (χ1n) is 10.7. The number of carbonyl (C=O) groups is 1. The maximum Gasteiger partial charge on any atom is 0.249 e. The Morgan fingerprint density at radius 1 is 0.824 bits per heavy atom. The number of aromatic nitrogens is 1. The monoisotopic (exact) mass is 472 g/mol. The number of hydrogen-bond donors (Lipinski definition) is 1. The van der Waals surface area contributed by atoms with Gasteiger partial charge in [0.1, 0.15) is 5.82 Å². The Balaban J connectivity index is 1.67. The van der Waals surface area contributed by atoms with E-state index in [0.29, 0.717) is 32.9 Å². The number of benzene rings is 4. The van der Waals surface area contributed by atoms with Crippen molar-refractivity contribution in [3.8, 4) is 0 Å². The molecule has 5 nitrogen and oxygen atoms in total. The maximum absolute atomic E-state index is 15.1. The Hall–Kier alpha value is -3.97. The van der Waals surface area contributed by atoms with E-state index in [4.69, 9.17) is 5.73 Å². The van der Waals surface area contributed by atoms with Gasteiger partial charge in [0, 0.05) is 22.9 Å². The highest BCUT2D eigenvalue weighted by molar-refractivity contribution is 7.90. The van der Waals surface area contributed by atoms with Crippen LogP contribution >= 0.6 is 0 Å². The van der Waals surface area contributed by atoms with E-state index >= 15 is 4.39 Å². The summed E-state index contributed by atoms with van der Waals surface area (Å²) in [5, 5.41) is 1.16. The summed E-state index contributed by atoms with van der Waals surface area (Å²) in [6.45, 7) is 0.226. The number of hydrogen-bond acceptors (Lipinski definition) is 3. The molecular weight excluding hydrogens is 451 g/mol. The van der Waals surface area contributed by atoms with Crippen molar-refractivity contribution in [2.24, 2.45) is 5.73 Å². The molecule has 5 aromatic rings. The highest BCUT2D eigenvalue weighted by atomic mass is 32.2. The molecule has 170 valence electrons. The van der Waals surface area contributed by atoms with Gasteiger partial charge >= 0.3 is 0 Å². The number of primary amides is 1. The smallest absolute Gasteiger partial charge is 0.249 e. The number of para-hydroxylation sites is 1. The molecule has 0 saturated carbocycles. The maximum atomic E-state index is 15.1. The summed E-state index contributed by atoms with van der Waals surface area (Å²) < 4.78 is 42.9. The molecule has 2 N–H and O–H groups in total. The van der Waals surface area contributed by atoms with Crippen LogP contribution < -0.4 is 5.73 Å². The molecule has 34 heavy (non-hydrogen) atoms. The SMILES string of the molecule is NC(=O)c1cccc2c1c1cccc(F)c1n2Cc1ccccc1CS(=O)(=O)c1ccccc1. The fourth-order valence-corrected chi connectivity index (χ4v) is 5.90. The van der Waals surface area contributed by atoms with Gasteiger partial charge in [0.2, 0.25) is 5.91 Å². The van der Waals surface area contributed by atoms with Gasteiger partial charge in [0.05, 0.1) is 21.7 Å². The van der Waals surface area contributed by atoms with Crippen molar-refractivity contribution < 1.29 is 17.6 Å². The molecule has 5 rings (SSSR count). The van der Waals surface area contributed by atoms with Crippen LogP contribution in [0.4, 0.5) is 4.39 Å². The highest BCUT2D eigenvalue weighted by Gasteiger charge is 2.21. The zero-order valence-corrected chi connectivity index (χ0v) is 18.9. The van der Waals surface area contributed by atoms with E-state index in [1.54, 1.807) is 71.3 Å². The largest absolute Gasteiger partial charge is 0.366 e. The molecule has 7 heteroatoms. The van der Waals surface area contributed by atoms with Crippen LogP contribution in [0.25, 0.3) is 21.8 Å². The molecule has 0 bridgehead atoms. The van der Waals surface area contributed by atoms with Gasteiger partial charge < -0.3 is 10.3 Å². The van der Waals surface area contributed by atoms with Crippen molar-refractivity contribution in [1.82, 2.24) is 4.57 Å². The third kappa shape index (κ3) is 3.74. The molecule has 0 saturated heterocycles. The molecule has 0 spiro atoms. The summed E-state index contributed by atoms with van der Waals surface area (Å²) in [5.74, 6) is -1.21. The molecule has 0 radical (unpaired) electrons.